The van der Waals surface area contributed by atoms with Crippen LogP contribution in [0.15, 0.2) is 75.1 Å². The highest BCUT2D eigenvalue weighted by Gasteiger charge is 2.24. The van der Waals surface area contributed by atoms with E-state index in [0.717, 1.165) is 18.2 Å². The molecule has 13 nitrogen and oxygen atoms in total. The van der Waals surface area contributed by atoms with Gasteiger partial charge in [0.15, 0.2) is 11.5 Å². The molecular weight excluding hydrogens is 564 g/mol. The van der Waals surface area contributed by atoms with E-state index in [2.05, 4.69) is 26.5 Å². The smallest absolute Gasteiger partial charge is 0.339 e. The lowest BCUT2D eigenvalue weighted by Crippen LogP contribution is -2.19. The lowest BCUT2D eigenvalue weighted by Gasteiger charge is -2.13. The predicted octanol–water partition coefficient (Wildman–Crippen LogP) is 3.81. The zero-order valence-corrected chi connectivity index (χ0v) is 20.6. The number of nitro benzene ring substituents is 2. The van der Waals surface area contributed by atoms with Gasteiger partial charge in [-0.05, 0) is 45.8 Å². The summed E-state index contributed by atoms with van der Waals surface area (Å²) in [5.74, 6) is -1.08. The number of hydrazone groups is 1. The zero-order chi connectivity index (χ0) is 26.5. The van der Waals surface area contributed by atoms with Crippen molar-refractivity contribution in [1.82, 2.24) is 5.43 Å². The highest BCUT2D eigenvalue weighted by molar-refractivity contribution is 9.10. The number of nitrogens with zero attached hydrogens (tertiary/aromatic N) is 3. The van der Waals surface area contributed by atoms with Gasteiger partial charge < -0.3 is 8.92 Å². The van der Waals surface area contributed by atoms with Crippen molar-refractivity contribution < 1.29 is 32.0 Å². The molecule has 0 heterocycles. The van der Waals surface area contributed by atoms with E-state index in [1.807, 2.05) is 0 Å². The molecule has 0 aliphatic heterocycles. The minimum absolute atomic E-state index is 0.0372. The van der Waals surface area contributed by atoms with Crippen molar-refractivity contribution in [3.8, 4) is 11.5 Å². The van der Waals surface area contributed by atoms with Crippen LogP contribution >= 0.6 is 15.9 Å². The predicted molar refractivity (Wildman–Crippen MR) is 130 cm³/mol. The van der Waals surface area contributed by atoms with Crippen LogP contribution in [0.4, 0.5) is 11.4 Å². The SMILES string of the molecule is COc1cc(/C=N\NC(=O)c2ccccc2[N+](=O)[O-])cc(Br)c1OS(=O)(=O)c1cccc([N+](=O)[O-])c1. The minimum Gasteiger partial charge on any atom is -0.493 e. The summed E-state index contributed by atoms with van der Waals surface area (Å²) in [6, 6.07) is 12.4. The first-order valence-corrected chi connectivity index (χ1v) is 11.9. The molecule has 36 heavy (non-hydrogen) atoms. The van der Waals surface area contributed by atoms with Gasteiger partial charge in [-0.25, -0.2) is 5.43 Å². The van der Waals surface area contributed by atoms with Crippen LogP contribution in [0, 0.1) is 20.2 Å². The first-order chi connectivity index (χ1) is 17.0. The summed E-state index contributed by atoms with van der Waals surface area (Å²) in [6.45, 7) is 0. The number of benzene rings is 3. The number of para-hydroxylation sites is 1. The van der Waals surface area contributed by atoms with E-state index in [0.29, 0.717) is 5.56 Å². The highest BCUT2D eigenvalue weighted by Crippen LogP contribution is 2.38. The molecule has 0 spiro atoms. The number of halogens is 1. The fourth-order valence-electron chi connectivity index (χ4n) is 2.86. The van der Waals surface area contributed by atoms with Gasteiger partial charge in [0, 0.05) is 18.2 Å². The summed E-state index contributed by atoms with van der Waals surface area (Å²) in [5, 5.41) is 25.8. The van der Waals surface area contributed by atoms with Crippen LogP contribution in [0.2, 0.25) is 0 Å². The maximum absolute atomic E-state index is 12.7. The maximum atomic E-state index is 12.7. The number of carbonyl (C=O) groups is 1. The largest absolute Gasteiger partial charge is 0.493 e. The molecule has 0 aliphatic rings. The van der Waals surface area contributed by atoms with Gasteiger partial charge in [0.1, 0.15) is 10.5 Å². The summed E-state index contributed by atoms with van der Waals surface area (Å²) < 4.78 is 35.9. The van der Waals surface area contributed by atoms with Crippen molar-refractivity contribution in [2.24, 2.45) is 5.10 Å². The third-order valence-electron chi connectivity index (χ3n) is 4.49. The van der Waals surface area contributed by atoms with Gasteiger partial charge in [-0.1, -0.05) is 18.2 Å². The number of non-ortho nitro benzene ring substituents is 1. The number of hydrogen-bond donors (Lipinski definition) is 1. The van der Waals surface area contributed by atoms with E-state index < -0.39 is 36.5 Å². The van der Waals surface area contributed by atoms with Crippen molar-refractivity contribution in [1.29, 1.82) is 0 Å². The number of methoxy groups -OCH3 is 1. The van der Waals surface area contributed by atoms with Gasteiger partial charge in [-0.3, -0.25) is 25.0 Å². The number of nitrogens with one attached hydrogen (secondary N) is 1. The molecule has 0 aromatic heterocycles. The second-order valence-electron chi connectivity index (χ2n) is 6.80. The summed E-state index contributed by atoms with van der Waals surface area (Å²) in [4.78, 5) is 32.4. The summed E-state index contributed by atoms with van der Waals surface area (Å²) in [5.41, 5.74) is 1.51. The number of amides is 1. The fraction of sp³-hybridized carbons (Fsp3) is 0.0476. The lowest BCUT2D eigenvalue weighted by atomic mass is 10.2. The van der Waals surface area contributed by atoms with Crippen LogP contribution in [-0.4, -0.2) is 37.5 Å². The summed E-state index contributed by atoms with van der Waals surface area (Å²) in [7, 11) is -3.21. The first kappa shape index (κ1) is 26.2. The average molecular weight is 579 g/mol. The standard InChI is InChI=1S/C21H15BrN4O9S/c1-34-19-10-13(12-23-24-21(27)16-7-2-3-8-18(16)26(30)31)9-17(22)20(19)35-36(32,33)15-6-4-5-14(11-15)25(28)29/h2-12H,1H3,(H,24,27)/b23-12-. The summed E-state index contributed by atoms with van der Waals surface area (Å²) >= 11 is 3.18. The van der Waals surface area contributed by atoms with E-state index in [-0.39, 0.29) is 27.2 Å². The molecule has 3 aromatic carbocycles. The fourth-order valence-corrected chi connectivity index (χ4v) is 4.50. The number of hydrogen-bond acceptors (Lipinski definition) is 10. The van der Waals surface area contributed by atoms with Crippen LogP contribution in [0.5, 0.6) is 11.5 Å². The van der Waals surface area contributed by atoms with Gasteiger partial charge in [0.2, 0.25) is 0 Å². The van der Waals surface area contributed by atoms with E-state index >= 15 is 0 Å². The Hall–Kier alpha value is -4.37. The van der Waals surface area contributed by atoms with Crippen molar-refractivity contribution in [2.45, 2.75) is 4.90 Å². The van der Waals surface area contributed by atoms with Crippen molar-refractivity contribution in [3.63, 3.8) is 0 Å². The molecule has 0 saturated carbocycles. The van der Waals surface area contributed by atoms with E-state index in [1.165, 1.54) is 55.8 Å². The van der Waals surface area contributed by atoms with Crippen LogP contribution < -0.4 is 14.3 Å². The molecule has 1 N–H and O–H groups in total. The molecule has 3 rings (SSSR count). The average Bonchev–Trinajstić information content (AvgIpc) is 2.85. The molecule has 0 saturated heterocycles. The molecule has 0 radical (unpaired) electrons. The van der Waals surface area contributed by atoms with Crippen LogP contribution in [-0.2, 0) is 10.1 Å². The van der Waals surface area contributed by atoms with Crippen LogP contribution in [0.25, 0.3) is 0 Å². The number of nitro groups is 2. The van der Waals surface area contributed by atoms with E-state index in [1.54, 1.807) is 0 Å². The molecule has 3 aromatic rings. The number of rotatable bonds is 9. The molecule has 186 valence electrons. The zero-order valence-electron chi connectivity index (χ0n) is 18.2. The Bertz CT molecular complexity index is 1490. The maximum Gasteiger partial charge on any atom is 0.339 e. The lowest BCUT2D eigenvalue weighted by molar-refractivity contribution is -0.385. The molecule has 0 unspecified atom stereocenters. The normalized spacial score (nSPS) is 11.2. The Kier molecular flexibility index (Phi) is 7.96. The second-order valence-corrected chi connectivity index (χ2v) is 9.20. The second kappa shape index (κ2) is 10.9. The number of ether oxygens (including phenoxy) is 1. The number of carbonyl (C=O) groups excluding carboxylic acids is 1. The monoisotopic (exact) mass is 578 g/mol. The molecule has 1 amide bonds. The first-order valence-electron chi connectivity index (χ1n) is 9.67. The quantitative estimate of drug-likeness (QED) is 0.171. The molecule has 0 atom stereocenters. The van der Waals surface area contributed by atoms with Gasteiger partial charge in [-0.15, -0.1) is 0 Å². The van der Waals surface area contributed by atoms with Gasteiger partial charge in [0.05, 0.1) is 27.6 Å². The van der Waals surface area contributed by atoms with Gasteiger partial charge >= 0.3 is 10.1 Å². The Labute approximate surface area is 211 Å². The molecule has 0 aliphatic carbocycles. The molecule has 0 fully saturated rings. The Balaban J connectivity index is 1.83. The van der Waals surface area contributed by atoms with Crippen LogP contribution in [0.3, 0.4) is 0 Å². The third kappa shape index (κ3) is 6.00. The highest BCUT2D eigenvalue weighted by atomic mass is 79.9. The van der Waals surface area contributed by atoms with Gasteiger partial charge in [0.25, 0.3) is 17.3 Å². The van der Waals surface area contributed by atoms with Crippen molar-refractivity contribution in [3.05, 3.63) is 96.5 Å². The Morgan fingerprint density at radius 2 is 1.78 bits per heavy atom. The Morgan fingerprint density at radius 1 is 1.06 bits per heavy atom. The topological polar surface area (TPSA) is 180 Å². The molecular formula is C21H15BrN4O9S. The minimum atomic E-state index is -4.47. The van der Waals surface area contributed by atoms with Crippen LogP contribution in [0.1, 0.15) is 15.9 Å². The van der Waals surface area contributed by atoms with Gasteiger partial charge in [-0.2, -0.15) is 13.5 Å². The third-order valence-corrected chi connectivity index (χ3v) is 6.29. The van der Waals surface area contributed by atoms with Crippen molar-refractivity contribution >= 4 is 49.5 Å². The van der Waals surface area contributed by atoms with E-state index in [4.69, 9.17) is 8.92 Å². The van der Waals surface area contributed by atoms with Crippen molar-refractivity contribution in [2.75, 3.05) is 7.11 Å². The molecule has 15 heteroatoms. The Morgan fingerprint density at radius 3 is 2.44 bits per heavy atom. The molecule has 0 bridgehead atoms. The summed E-state index contributed by atoms with van der Waals surface area (Å²) in [6.07, 6.45) is 1.19. The van der Waals surface area contributed by atoms with E-state index in [9.17, 15) is 33.4 Å².